The number of aromatic amines is 1. The van der Waals surface area contributed by atoms with Crippen LogP contribution in [-0.2, 0) is 0 Å². The maximum Gasteiger partial charge on any atom is 0.254 e. The second-order valence-corrected chi connectivity index (χ2v) is 4.56. The second kappa shape index (κ2) is 4.72. The number of nitrogens with one attached hydrogen (secondary N) is 1. The molecule has 3 nitrogen and oxygen atoms in total. The lowest BCUT2D eigenvalue weighted by molar-refractivity contribution is 0.619. The Morgan fingerprint density at radius 1 is 1.33 bits per heavy atom. The van der Waals surface area contributed by atoms with Crippen molar-refractivity contribution in [3.05, 3.63) is 51.8 Å². The van der Waals surface area contributed by atoms with Crippen LogP contribution in [0.3, 0.4) is 0 Å². The molecule has 0 aliphatic heterocycles. The Kier molecular flexibility index (Phi) is 3.28. The molecule has 0 unspecified atom stereocenters. The molecule has 1 aromatic heterocycles. The Hall–Kier alpha value is -1.97. The summed E-state index contributed by atoms with van der Waals surface area (Å²) in [4.78, 5) is 18.6. The summed E-state index contributed by atoms with van der Waals surface area (Å²) in [6.45, 7) is 5.53. The van der Waals surface area contributed by atoms with Crippen LogP contribution in [0.1, 0.15) is 30.9 Å². The summed E-state index contributed by atoms with van der Waals surface area (Å²) in [5.74, 6) is -0.260. The van der Waals surface area contributed by atoms with Crippen molar-refractivity contribution in [1.82, 2.24) is 9.97 Å². The van der Waals surface area contributed by atoms with E-state index in [4.69, 9.17) is 0 Å². The van der Waals surface area contributed by atoms with E-state index in [1.54, 1.807) is 19.1 Å². The van der Waals surface area contributed by atoms with Crippen molar-refractivity contribution in [2.24, 2.45) is 0 Å². The van der Waals surface area contributed by atoms with E-state index < -0.39 is 0 Å². The van der Waals surface area contributed by atoms with E-state index in [-0.39, 0.29) is 17.3 Å². The topological polar surface area (TPSA) is 45.8 Å². The number of rotatable bonds is 2. The number of hydrogen-bond acceptors (Lipinski definition) is 2. The van der Waals surface area contributed by atoms with Gasteiger partial charge >= 0.3 is 0 Å². The molecular weight excluding hydrogens is 231 g/mol. The summed E-state index contributed by atoms with van der Waals surface area (Å²) in [6, 6.07) is 4.82. The fourth-order valence-electron chi connectivity index (χ4n) is 2.02. The second-order valence-electron chi connectivity index (χ2n) is 4.56. The summed E-state index contributed by atoms with van der Waals surface area (Å²) >= 11 is 0. The first-order chi connectivity index (χ1) is 8.52. The number of nitrogens with zero attached hydrogens (tertiary/aromatic N) is 1. The molecule has 0 aliphatic carbocycles. The van der Waals surface area contributed by atoms with Crippen LogP contribution in [0.25, 0.3) is 11.3 Å². The van der Waals surface area contributed by atoms with Gasteiger partial charge < -0.3 is 4.98 Å². The largest absolute Gasteiger partial charge is 0.313 e. The molecular formula is C14H15FN2O. The molecule has 1 heterocycles. The van der Waals surface area contributed by atoms with Crippen LogP contribution in [0.4, 0.5) is 4.39 Å². The van der Waals surface area contributed by atoms with Crippen LogP contribution in [-0.4, -0.2) is 9.97 Å². The van der Waals surface area contributed by atoms with Gasteiger partial charge in [-0.25, -0.2) is 9.37 Å². The molecule has 0 saturated heterocycles. The molecule has 0 bridgehead atoms. The SMILES string of the molecule is Cc1c(F)cccc1-c1nc[nH]c(=O)c1C(C)C. The lowest BCUT2D eigenvalue weighted by Gasteiger charge is -2.12. The maximum absolute atomic E-state index is 13.6. The van der Waals surface area contributed by atoms with Crippen molar-refractivity contribution in [1.29, 1.82) is 0 Å². The van der Waals surface area contributed by atoms with Crippen LogP contribution < -0.4 is 5.56 Å². The molecule has 0 fully saturated rings. The smallest absolute Gasteiger partial charge is 0.254 e. The summed E-state index contributed by atoms with van der Waals surface area (Å²) in [6.07, 6.45) is 1.36. The fraction of sp³-hybridized carbons (Fsp3) is 0.286. The molecule has 0 amide bonds. The fourth-order valence-corrected chi connectivity index (χ4v) is 2.02. The van der Waals surface area contributed by atoms with E-state index in [0.29, 0.717) is 22.4 Å². The van der Waals surface area contributed by atoms with Crippen LogP contribution in [0.15, 0.2) is 29.3 Å². The van der Waals surface area contributed by atoms with Crippen molar-refractivity contribution in [3.8, 4) is 11.3 Å². The van der Waals surface area contributed by atoms with Crippen molar-refractivity contribution in [2.45, 2.75) is 26.7 Å². The van der Waals surface area contributed by atoms with E-state index in [0.717, 1.165) is 0 Å². The van der Waals surface area contributed by atoms with Crippen LogP contribution in [0.2, 0.25) is 0 Å². The van der Waals surface area contributed by atoms with Crippen LogP contribution >= 0.6 is 0 Å². The van der Waals surface area contributed by atoms with Crippen molar-refractivity contribution < 1.29 is 4.39 Å². The number of hydrogen-bond donors (Lipinski definition) is 1. The van der Waals surface area contributed by atoms with Gasteiger partial charge in [-0.2, -0.15) is 0 Å². The Balaban J connectivity index is 2.76. The van der Waals surface area contributed by atoms with Gasteiger partial charge in [0.05, 0.1) is 12.0 Å². The molecule has 2 rings (SSSR count). The van der Waals surface area contributed by atoms with Crippen molar-refractivity contribution in [3.63, 3.8) is 0 Å². The van der Waals surface area contributed by atoms with Gasteiger partial charge in [0.15, 0.2) is 0 Å². The normalized spacial score (nSPS) is 10.9. The highest BCUT2D eigenvalue weighted by Crippen LogP contribution is 2.27. The molecule has 0 atom stereocenters. The van der Waals surface area contributed by atoms with Gasteiger partial charge in [0.1, 0.15) is 5.82 Å². The van der Waals surface area contributed by atoms with Crippen LogP contribution in [0.5, 0.6) is 0 Å². The zero-order valence-electron chi connectivity index (χ0n) is 10.6. The monoisotopic (exact) mass is 246 g/mol. The first-order valence-corrected chi connectivity index (χ1v) is 5.85. The first kappa shape index (κ1) is 12.5. The third-order valence-corrected chi connectivity index (χ3v) is 2.99. The molecule has 94 valence electrons. The molecule has 0 aliphatic rings. The number of H-pyrrole nitrogens is 1. The number of aromatic nitrogens is 2. The molecule has 0 spiro atoms. The minimum Gasteiger partial charge on any atom is -0.313 e. The minimum atomic E-state index is -0.288. The highest BCUT2D eigenvalue weighted by molar-refractivity contribution is 5.66. The quantitative estimate of drug-likeness (QED) is 0.885. The molecule has 1 aromatic carbocycles. The molecule has 1 N–H and O–H groups in total. The maximum atomic E-state index is 13.6. The van der Waals surface area contributed by atoms with Gasteiger partial charge in [-0.15, -0.1) is 0 Å². The van der Waals surface area contributed by atoms with Gasteiger partial charge in [0.25, 0.3) is 5.56 Å². The third-order valence-electron chi connectivity index (χ3n) is 2.99. The Morgan fingerprint density at radius 2 is 2.06 bits per heavy atom. The van der Waals surface area contributed by atoms with E-state index in [9.17, 15) is 9.18 Å². The summed E-state index contributed by atoms with van der Waals surface area (Å²) in [5.41, 5.74) is 2.16. The Labute approximate surface area is 105 Å². The van der Waals surface area contributed by atoms with E-state index in [2.05, 4.69) is 9.97 Å². The van der Waals surface area contributed by atoms with Gasteiger partial charge in [-0.1, -0.05) is 26.0 Å². The average Bonchev–Trinajstić information content (AvgIpc) is 2.32. The summed E-state index contributed by atoms with van der Waals surface area (Å²) < 4.78 is 13.6. The lowest BCUT2D eigenvalue weighted by atomic mass is 9.96. The molecule has 0 saturated carbocycles. The van der Waals surface area contributed by atoms with Crippen LogP contribution in [0, 0.1) is 12.7 Å². The van der Waals surface area contributed by atoms with Crippen molar-refractivity contribution >= 4 is 0 Å². The summed E-state index contributed by atoms with van der Waals surface area (Å²) in [7, 11) is 0. The average molecular weight is 246 g/mol. The van der Waals surface area contributed by atoms with Gasteiger partial charge in [0.2, 0.25) is 0 Å². The Bertz CT molecular complexity index is 632. The first-order valence-electron chi connectivity index (χ1n) is 5.85. The van der Waals surface area contributed by atoms with Gasteiger partial charge in [0, 0.05) is 11.1 Å². The third kappa shape index (κ3) is 2.06. The predicted octanol–water partition coefficient (Wildman–Crippen LogP) is 3.01. The summed E-state index contributed by atoms with van der Waals surface area (Å²) in [5, 5.41) is 0. The highest BCUT2D eigenvalue weighted by Gasteiger charge is 2.16. The lowest BCUT2D eigenvalue weighted by Crippen LogP contribution is -2.16. The van der Waals surface area contributed by atoms with Gasteiger partial charge in [-0.05, 0) is 24.5 Å². The predicted molar refractivity (Wildman–Crippen MR) is 69.1 cm³/mol. The number of halogens is 1. The zero-order valence-corrected chi connectivity index (χ0v) is 10.6. The van der Waals surface area contributed by atoms with E-state index in [1.165, 1.54) is 12.4 Å². The zero-order chi connectivity index (χ0) is 13.3. The van der Waals surface area contributed by atoms with E-state index >= 15 is 0 Å². The van der Waals surface area contributed by atoms with E-state index in [1.807, 2.05) is 13.8 Å². The number of benzene rings is 1. The van der Waals surface area contributed by atoms with Gasteiger partial charge in [-0.3, -0.25) is 4.79 Å². The standard InChI is InChI=1S/C14H15FN2O/c1-8(2)12-13(16-7-17-14(12)18)10-5-4-6-11(15)9(10)3/h4-8H,1-3H3,(H,16,17,18). The molecule has 18 heavy (non-hydrogen) atoms. The molecule has 2 aromatic rings. The highest BCUT2D eigenvalue weighted by atomic mass is 19.1. The molecule has 4 heteroatoms. The van der Waals surface area contributed by atoms with Crippen molar-refractivity contribution in [2.75, 3.05) is 0 Å². The minimum absolute atomic E-state index is 0.0279. The molecule has 0 radical (unpaired) electrons. The Morgan fingerprint density at radius 3 is 2.72 bits per heavy atom.